The first-order valence-corrected chi connectivity index (χ1v) is 10.8. The third-order valence-corrected chi connectivity index (χ3v) is 5.61. The third-order valence-electron chi connectivity index (χ3n) is 5.61. The average molecular weight is 418 g/mol. The van der Waals surface area contributed by atoms with E-state index in [1.807, 2.05) is 37.3 Å². The van der Waals surface area contributed by atoms with Crippen LogP contribution in [0.2, 0.25) is 0 Å². The van der Waals surface area contributed by atoms with Crippen molar-refractivity contribution in [3.05, 3.63) is 54.7 Å². The van der Waals surface area contributed by atoms with Gasteiger partial charge in [0.2, 0.25) is 5.82 Å². The van der Waals surface area contributed by atoms with Gasteiger partial charge >= 0.3 is 0 Å². The van der Waals surface area contributed by atoms with Crippen LogP contribution in [0.3, 0.4) is 0 Å². The van der Waals surface area contributed by atoms with Crippen LogP contribution < -0.4 is 4.74 Å². The summed E-state index contributed by atoms with van der Waals surface area (Å²) < 4.78 is 19.0. The molecule has 2 aromatic heterocycles. The van der Waals surface area contributed by atoms with E-state index in [-0.39, 0.29) is 0 Å². The molecule has 0 N–H and O–H groups in total. The van der Waals surface area contributed by atoms with Gasteiger partial charge in [-0.1, -0.05) is 35.5 Å². The minimum absolute atomic E-state index is 0.526. The topological polar surface area (TPSA) is 65.6 Å². The molecule has 1 fully saturated rings. The van der Waals surface area contributed by atoms with Crippen molar-refractivity contribution >= 4 is 10.9 Å². The highest BCUT2D eigenvalue weighted by Gasteiger charge is 2.18. The Morgan fingerprint density at radius 2 is 1.90 bits per heavy atom. The Hall–Kier alpha value is -3.16. The molecule has 0 saturated carbocycles. The molecule has 0 unspecified atom stereocenters. The summed E-state index contributed by atoms with van der Waals surface area (Å²) in [5, 5.41) is 5.34. The molecule has 0 spiro atoms. The number of para-hydroxylation sites is 1. The lowest BCUT2D eigenvalue weighted by molar-refractivity contribution is 0.0365. The van der Waals surface area contributed by atoms with Gasteiger partial charge in [-0.25, -0.2) is 0 Å². The van der Waals surface area contributed by atoms with Crippen LogP contribution in [-0.4, -0.2) is 59.1 Å². The molecule has 1 aliphatic rings. The van der Waals surface area contributed by atoms with Gasteiger partial charge < -0.3 is 18.6 Å². The van der Waals surface area contributed by atoms with Crippen LogP contribution in [0.1, 0.15) is 6.92 Å². The molecule has 31 heavy (non-hydrogen) atoms. The zero-order valence-electron chi connectivity index (χ0n) is 17.7. The fraction of sp³-hybridized carbons (Fsp3) is 0.333. The summed E-state index contributed by atoms with van der Waals surface area (Å²) >= 11 is 0. The quantitative estimate of drug-likeness (QED) is 0.450. The summed E-state index contributed by atoms with van der Waals surface area (Å²) in [6.07, 6.45) is 2.12. The molecular weight excluding hydrogens is 392 g/mol. The van der Waals surface area contributed by atoms with Gasteiger partial charge in [-0.15, -0.1) is 0 Å². The molecule has 3 heterocycles. The fourth-order valence-electron chi connectivity index (χ4n) is 4.02. The van der Waals surface area contributed by atoms with Crippen LogP contribution in [0.25, 0.3) is 33.7 Å². The van der Waals surface area contributed by atoms with Crippen LogP contribution in [0.5, 0.6) is 5.75 Å². The fourth-order valence-corrected chi connectivity index (χ4v) is 4.02. The molecule has 4 aromatic rings. The highest BCUT2D eigenvalue weighted by Crippen LogP contribution is 2.31. The Morgan fingerprint density at radius 3 is 2.77 bits per heavy atom. The zero-order valence-corrected chi connectivity index (χ0v) is 17.7. The zero-order chi connectivity index (χ0) is 21.0. The largest absolute Gasteiger partial charge is 0.494 e. The summed E-state index contributed by atoms with van der Waals surface area (Å²) in [7, 11) is 0. The number of ether oxygens (including phenoxy) is 2. The first kappa shape index (κ1) is 19.8. The molecule has 0 aliphatic carbocycles. The predicted octanol–water partition coefficient (Wildman–Crippen LogP) is 4.09. The molecule has 5 rings (SSSR count). The van der Waals surface area contributed by atoms with Gasteiger partial charge in [0.05, 0.1) is 25.4 Å². The Labute approximate surface area is 181 Å². The highest BCUT2D eigenvalue weighted by molar-refractivity contribution is 5.94. The van der Waals surface area contributed by atoms with Gasteiger partial charge in [-0.3, -0.25) is 4.90 Å². The number of hydrogen-bond acceptors (Lipinski definition) is 6. The highest BCUT2D eigenvalue weighted by atomic mass is 16.5. The van der Waals surface area contributed by atoms with E-state index in [0.717, 1.165) is 61.7 Å². The second-order valence-corrected chi connectivity index (χ2v) is 7.59. The summed E-state index contributed by atoms with van der Waals surface area (Å²) in [6.45, 7) is 8.07. The predicted molar refractivity (Wildman–Crippen MR) is 119 cm³/mol. The number of nitrogens with zero attached hydrogens (tertiary/aromatic N) is 4. The summed E-state index contributed by atoms with van der Waals surface area (Å²) in [4.78, 5) is 7.13. The van der Waals surface area contributed by atoms with Gasteiger partial charge in [0.25, 0.3) is 5.89 Å². The van der Waals surface area contributed by atoms with Crippen LogP contribution >= 0.6 is 0 Å². The third kappa shape index (κ3) is 4.19. The maximum atomic E-state index is 5.68. The van der Waals surface area contributed by atoms with Crippen molar-refractivity contribution in [1.29, 1.82) is 0 Å². The molecule has 1 saturated heterocycles. The lowest BCUT2D eigenvalue weighted by atomic mass is 10.1. The lowest BCUT2D eigenvalue weighted by Gasteiger charge is -2.26. The number of rotatable bonds is 7. The second kappa shape index (κ2) is 8.91. The van der Waals surface area contributed by atoms with E-state index in [4.69, 9.17) is 19.0 Å². The van der Waals surface area contributed by atoms with Crippen molar-refractivity contribution in [3.63, 3.8) is 0 Å². The molecule has 160 valence electrons. The van der Waals surface area contributed by atoms with Gasteiger partial charge in [-0.05, 0) is 25.1 Å². The van der Waals surface area contributed by atoms with Gasteiger partial charge in [0.15, 0.2) is 0 Å². The van der Waals surface area contributed by atoms with Crippen molar-refractivity contribution in [1.82, 2.24) is 19.6 Å². The minimum atomic E-state index is 0.526. The van der Waals surface area contributed by atoms with Crippen LogP contribution in [0, 0.1) is 0 Å². The molecule has 1 aliphatic heterocycles. The first-order valence-electron chi connectivity index (χ1n) is 10.8. The molecule has 0 amide bonds. The summed E-state index contributed by atoms with van der Waals surface area (Å²) in [5.41, 5.74) is 3.00. The molecule has 2 aromatic carbocycles. The number of hydrogen-bond donors (Lipinski definition) is 0. The van der Waals surface area contributed by atoms with E-state index in [9.17, 15) is 0 Å². The van der Waals surface area contributed by atoms with E-state index in [1.54, 1.807) is 0 Å². The van der Waals surface area contributed by atoms with Gasteiger partial charge in [-0.2, -0.15) is 4.98 Å². The molecule has 0 bridgehead atoms. The van der Waals surface area contributed by atoms with Crippen molar-refractivity contribution < 1.29 is 14.0 Å². The average Bonchev–Trinajstić information content (AvgIpc) is 3.44. The molecule has 0 atom stereocenters. The summed E-state index contributed by atoms with van der Waals surface area (Å²) in [6, 6.07) is 16.1. The van der Waals surface area contributed by atoms with E-state index in [1.165, 1.54) is 5.52 Å². The van der Waals surface area contributed by atoms with Crippen molar-refractivity contribution in [2.75, 3.05) is 39.5 Å². The van der Waals surface area contributed by atoms with Crippen molar-refractivity contribution in [2.24, 2.45) is 0 Å². The number of morpholine rings is 1. The molecule has 7 heteroatoms. The molecule has 0 radical (unpaired) electrons. The van der Waals surface area contributed by atoms with E-state index in [0.29, 0.717) is 18.3 Å². The van der Waals surface area contributed by atoms with E-state index >= 15 is 0 Å². The van der Waals surface area contributed by atoms with Crippen LogP contribution in [0.15, 0.2) is 59.3 Å². The lowest BCUT2D eigenvalue weighted by Crippen LogP contribution is -2.38. The van der Waals surface area contributed by atoms with Crippen molar-refractivity contribution in [2.45, 2.75) is 13.5 Å². The number of benzene rings is 2. The number of fused-ring (bicyclic) bond motifs is 1. The van der Waals surface area contributed by atoms with Crippen LogP contribution in [-0.2, 0) is 11.3 Å². The Balaban J connectivity index is 1.43. The smallest absolute Gasteiger partial charge is 0.260 e. The Bertz CT molecular complexity index is 1160. The maximum absolute atomic E-state index is 5.68. The maximum Gasteiger partial charge on any atom is 0.260 e. The van der Waals surface area contributed by atoms with Gasteiger partial charge in [0.1, 0.15) is 5.75 Å². The first-order chi connectivity index (χ1) is 15.3. The standard InChI is InChI=1S/C24H26N4O3/c1-2-30-19-7-5-6-18(16-19)23-25-24(31-26-23)21-17-28(22-9-4-3-8-20(21)22)11-10-27-12-14-29-15-13-27/h3-9,16-17H,2,10-15H2,1H3. The second-order valence-electron chi connectivity index (χ2n) is 7.59. The monoisotopic (exact) mass is 418 g/mol. The Kier molecular flexibility index (Phi) is 5.69. The minimum Gasteiger partial charge on any atom is -0.494 e. The molecule has 7 nitrogen and oxygen atoms in total. The molecular formula is C24H26N4O3. The normalized spacial score (nSPS) is 14.9. The SMILES string of the molecule is CCOc1cccc(-c2noc(-c3cn(CCN4CCOCC4)c4ccccc34)n2)c1. The summed E-state index contributed by atoms with van der Waals surface area (Å²) in [5.74, 6) is 1.88. The van der Waals surface area contributed by atoms with Crippen LogP contribution in [0.4, 0.5) is 0 Å². The Morgan fingerprint density at radius 1 is 1.03 bits per heavy atom. The van der Waals surface area contributed by atoms with E-state index in [2.05, 4.69) is 39.0 Å². The van der Waals surface area contributed by atoms with Gasteiger partial charge in [0, 0.05) is 48.8 Å². The van der Waals surface area contributed by atoms with Crippen molar-refractivity contribution in [3.8, 4) is 28.6 Å². The number of aromatic nitrogens is 3. The van der Waals surface area contributed by atoms with E-state index < -0.39 is 0 Å².